The molecule has 2 heterocycles. The minimum Gasteiger partial charge on any atom is -0.342 e. The number of amides is 2. The van der Waals surface area contributed by atoms with Gasteiger partial charge < -0.3 is 10.2 Å². The molecule has 1 aliphatic heterocycles. The van der Waals surface area contributed by atoms with Gasteiger partial charge >= 0.3 is 0 Å². The number of rotatable bonds is 4. The highest BCUT2D eigenvalue weighted by atomic mass is 32.1. The second kappa shape index (κ2) is 5.27. The van der Waals surface area contributed by atoms with Gasteiger partial charge in [-0.05, 0) is 6.42 Å². The summed E-state index contributed by atoms with van der Waals surface area (Å²) in [5.74, 6) is -0.268. The van der Waals surface area contributed by atoms with Crippen LogP contribution in [0.5, 0.6) is 0 Å². The van der Waals surface area contributed by atoms with Crippen LogP contribution in [0.15, 0.2) is 11.6 Å². The second-order valence-electron chi connectivity index (χ2n) is 4.07. The lowest BCUT2D eigenvalue weighted by Gasteiger charge is -2.14. The highest BCUT2D eigenvalue weighted by Crippen LogP contribution is 2.20. The van der Waals surface area contributed by atoms with Crippen molar-refractivity contribution < 1.29 is 9.59 Å². The average Bonchev–Trinajstić information content (AvgIpc) is 2.90. The quantitative estimate of drug-likeness (QED) is 0.880. The van der Waals surface area contributed by atoms with Gasteiger partial charge in [0.05, 0.1) is 5.92 Å². The van der Waals surface area contributed by atoms with Crippen LogP contribution in [-0.2, 0) is 9.59 Å². The molecule has 1 saturated heterocycles. The summed E-state index contributed by atoms with van der Waals surface area (Å²) >= 11 is 1.38. The Bertz CT molecular complexity index is 405. The Morgan fingerprint density at radius 1 is 1.71 bits per heavy atom. The molecule has 0 spiro atoms. The van der Waals surface area contributed by atoms with Crippen LogP contribution in [0.25, 0.3) is 0 Å². The summed E-state index contributed by atoms with van der Waals surface area (Å²) in [6, 6.07) is 0. The summed E-state index contributed by atoms with van der Waals surface area (Å²) in [4.78, 5) is 29.2. The third-order valence-corrected chi connectivity index (χ3v) is 3.43. The molecule has 92 valence electrons. The molecule has 0 aromatic carbocycles. The van der Waals surface area contributed by atoms with Crippen LogP contribution in [0.2, 0.25) is 0 Å². The molecule has 17 heavy (non-hydrogen) atoms. The van der Waals surface area contributed by atoms with Gasteiger partial charge in [-0.3, -0.25) is 9.59 Å². The molecule has 0 aliphatic carbocycles. The zero-order valence-corrected chi connectivity index (χ0v) is 10.5. The average molecular weight is 253 g/mol. The molecule has 0 radical (unpaired) electrons. The van der Waals surface area contributed by atoms with E-state index in [4.69, 9.17) is 0 Å². The first-order valence-electron chi connectivity index (χ1n) is 5.69. The zero-order valence-electron chi connectivity index (χ0n) is 9.68. The third kappa shape index (κ3) is 2.82. The predicted octanol–water partition coefficient (Wildman–Crippen LogP) is 1.34. The molecule has 0 saturated carbocycles. The molecule has 5 nitrogen and oxygen atoms in total. The number of thiazole rings is 1. The fourth-order valence-electron chi connectivity index (χ4n) is 1.93. The number of likely N-dealkylation sites (tertiary alicyclic amines) is 1. The molecular weight excluding hydrogens is 238 g/mol. The minimum atomic E-state index is -0.238. The Hall–Kier alpha value is -1.43. The van der Waals surface area contributed by atoms with E-state index in [0.29, 0.717) is 18.1 Å². The Kier molecular flexibility index (Phi) is 3.73. The molecule has 0 bridgehead atoms. The highest BCUT2D eigenvalue weighted by molar-refractivity contribution is 7.13. The van der Waals surface area contributed by atoms with E-state index in [-0.39, 0.29) is 17.7 Å². The maximum atomic E-state index is 11.9. The summed E-state index contributed by atoms with van der Waals surface area (Å²) in [6.07, 6.45) is 2.88. The van der Waals surface area contributed by atoms with Crippen LogP contribution in [0.1, 0.15) is 19.8 Å². The lowest BCUT2D eigenvalue weighted by molar-refractivity contribution is -0.128. The second-order valence-corrected chi connectivity index (χ2v) is 4.96. The lowest BCUT2D eigenvalue weighted by atomic mass is 10.1. The maximum absolute atomic E-state index is 11.9. The number of anilines is 1. The van der Waals surface area contributed by atoms with Gasteiger partial charge in [0.25, 0.3) is 0 Å². The van der Waals surface area contributed by atoms with E-state index in [1.165, 1.54) is 11.3 Å². The topological polar surface area (TPSA) is 62.3 Å². The SMILES string of the molecule is CCCN1C[C@@H](C(=O)Nc2nccs2)CC1=O. The Labute approximate surface area is 104 Å². The van der Waals surface area contributed by atoms with Crippen LogP contribution >= 0.6 is 11.3 Å². The van der Waals surface area contributed by atoms with Crippen molar-refractivity contribution in [3.05, 3.63) is 11.6 Å². The molecule has 6 heteroatoms. The molecule has 1 aliphatic rings. The molecule has 1 fully saturated rings. The van der Waals surface area contributed by atoms with Gasteiger partial charge in [0.1, 0.15) is 0 Å². The van der Waals surface area contributed by atoms with Gasteiger partial charge in [0, 0.05) is 31.1 Å². The van der Waals surface area contributed by atoms with Gasteiger partial charge in [0.15, 0.2) is 5.13 Å². The zero-order chi connectivity index (χ0) is 12.3. The third-order valence-electron chi connectivity index (χ3n) is 2.74. The number of nitrogens with zero attached hydrogens (tertiary/aromatic N) is 2. The van der Waals surface area contributed by atoms with Gasteiger partial charge in [-0.15, -0.1) is 11.3 Å². The lowest BCUT2D eigenvalue weighted by Crippen LogP contribution is -2.28. The number of carbonyl (C=O) groups excluding carboxylic acids is 2. The smallest absolute Gasteiger partial charge is 0.231 e. The monoisotopic (exact) mass is 253 g/mol. The Morgan fingerprint density at radius 3 is 3.18 bits per heavy atom. The van der Waals surface area contributed by atoms with Crippen molar-refractivity contribution in [2.75, 3.05) is 18.4 Å². The van der Waals surface area contributed by atoms with Crippen molar-refractivity contribution in [2.24, 2.45) is 5.92 Å². The highest BCUT2D eigenvalue weighted by Gasteiger charge is 2.33. The van der Waals surface area contributed by atoms with Gasteiger partial charge in [-0.2, -0.15) is 0 Å². The van der Waals surface area contributed by atoms with E-state index in [1.807, 2.05) is 6.92 Å². The van der Waals surface area contributed by atoms with Gasteiger partial charge in [-0.1, -0.05) is 6.92 Å². The number of carbonyl (C=O) groups is 2. The number of aromatic nitrogens is 1. The van der Waals surface area contributed by atoms with E-state index in [9.17, 15) is 9.59 Å². The molecule has 2 amide bonds. The minimum absolute atomic E-state index is 0.0751. The largest absolute Gasteiger partial charge is 0.342 e. The summed E-state index contributed by atoms with van der Waals surface area (Å²) in [5, 5.41) is 5.13. The van der Waals surface area contributed by atoms with Crippen LogP contribution in [0.4, 0.5) is 5.13 Å². The van der Waals surface area contributed by atoms with Crippen molar-refractivity contribution >= 4 is 28.3 Å². The summed E-state index contributed by atoms with van der Waals surface area (Å²) in [6.45, 7) is 3.29. The predicted molar refractivity (Wildman–Crippen MR) is 65.7 cm³/mol. The van der Waals surface area contributed by atoms with Crippen LogP contribution in [-0.4, -0.2) is 34.8 Å². The van der Waals surface area contributed by atoms with Crippen molar-refractivity contribution in [1.82, 2.24) is 9.88 Å². The molecule has 1 atom stereocenters. The molecule has 1 N–H and O–H groups in total. The van der Waals surface area contributed by atoms with Crippen molar-refractivity contribution in [3.8, 4) is 0 Å². The van der Waals surface area contributed by atoms with E-state index >= 15 is 0 Å². The first-order valence-corrected chi connectivity index (χ1v) is 6.56. The maximum Gasteiger partial charge on any atom is 0.231 e. The van der Waals surface area contributed by atoms with Crippen LogP contribution in [0, 0.1) is 5.92 Å². The summed E-state index contributed by atoms with van der Waals surface area (Å²) in [7, 11) is 0. The number of nitrogens with one attached hydrogen (secondary N) is 1. The van der Waals surface area contributed by atoms with Gasteiger partial charge in [-0.25, -0.2) is 4.98 Å². The van der Waals surface area contributed by atoms with Crippen molar-refractivity contribution in [2.45, 2.75) is 19.8 Å². The molecule has 1 aromatic rings. The number of hydrogen-bond acceptors (Lipinski definition) is 4. The fourth-order valence-corrected chi connectivity index (χ4v) is 2.46. The fraction of sp³-hybridized carbons (Fsp3) is 0.545. The van der Waals surface area contributed by atoms with E-state index in [2.05, 4.69) is 10.3 Å². The molecule has 2 rings (SSSR count). The van der Waals surface area contributed by atoms with Crippen molar-refractivity contribution in [3.63, 3.8) is 0 Å². The van der Waals surface area contributed by atoms with Crippen LogP contribution < -0.4 is 5.32 Å². The first kappa shape index (κ1) is 12.0. The molecule has 0 unspecified atom stereocenters. The summed E-state index contributed by atoms with van der Waals surface area (Å²) in [5.41, 5.74) is 0. The van der Waals surface area contributed by atoms with E-state index in [0.717, 1.165) is 13.0 Å². The van der Waals surface area contributed by atoms with Gasteiger partial charge in [0.2, 0.25) is 11.8 Å². The van der Waals surface area contributed by atoms with E-state index < -0.39 is 0 Å². The first-order chi connectivity index (χ1) is 8.20. The Balaban J connectivity index is 1.91. The number of hydrogen-bond donors (Lipinski definition) is 1. The standard InChI is InChI=1S/C11H15N3O2S/c1-2-4-14-7-8(6-9(14)15)10(16)13-11-12-3-5-17-11/h3,5,8H,2,4,6-7H2,1H3,(H,12,13,16)/t8-/m0/s1. The van der Waals surface area contributed by atoms with Crippen LogP contribution in [0.3, 0.4) is 0 Å². The summed E-state index contributed by atoms with van der Waals surface area (Å²) < 4.78 is 0. The molecule has 1 aromatic heterocycles. The normalized spacial score (nSPS) is 19.7. The van der Waals surface area contributed by atoms with Crippen molar-refractivity contribution in [1.29, 1.82) is 0 Å². The molecular formula is C11H15N3O2S. The van der Waals surface area contributed by atoms with E-state index in [1.54, 1.807) is 16.5 Å². The Morgan fingerprint density at radius 2 is 2.53 bits per heavy atom.